The van der Waals surface area contributed by atoms with E-state index >= 15 is 0 Å². The molecule has 0 radical (unpaired) electrons. The number of nitrogens with one attached hydrogen (secondary N) is 1. The van der Waals surface area contributed by atoms with Gasteiger partial charge in [-0.3, -0.25) is 14.5 Å². The maximum absolute atomic E-state index is 13.3. The van der Waals surface area contributed by atoms with Crippen molar-refractivity contribution in [1.82, 2.24) is 19.6 Å². The molecular weight excluding hydrogens is 406 g/mol. The number of anilines is 1. The van der Waals surface area contributed by atoms with E-state index in [-0.39, 0.29) is 19.1 Å². The topological polar surface area (TPSA) is 87.5 Å². The van der Waals surface area contributed by atoms with Gasteiger partial charge in [0.15, 0.2) is 0 Å². The molecule has 1 N–H and O–H groups in total. The summed E-state index contributed by atoms with van der Waals surface area (Å²) in [7, 11) is 0. The summed E-state index contributed by atoms with van der Waals surface area (Å²) >= 11 is 0. The first kappa shape index (κ1) is 21.3. The standard InChI is InChI=1S/C24H25N5O3/c1-17(2)29-20(13-14-25-29)26-21(30)16-28-23(31)22(19-11-7-4-8-12-19)27(24(28)32)15-18-9-5-3-6-10-18/h3-14,17,22H,15-16H2,1-2H3,(H,26,30). The van der Waals surface area contributed by atoms with Crippen LogP contribution in [-0.4, -0.2) is 44.0 Å². The molecule has 1 unspecified atom stereocenters. The van der Waals surface area contributed by atoms with Crippen LogP contribution in [0.5, 0.6) is 0 Å². The van der Waals surface area contributed by atoms with Crippen molar-refractivity contribution >= 4 is 23.7 Å². The minimum atomic E-state index is -0.780. The molecule has 4 amide bonds. The minimum absolute atomic E-state index is 0.0548. The summed E-state index contributed by atoms with van der Waals surface area (Å²) in [5, 5.41) is 6.94. The molecule has 1 fully saturated rings. The molecule has 164 valence electrons. The molecule has 32 heavy (non-hydrogen) atoms. The van der Waals surface area contributed by atoms with Gasteiger partial charge in [0.1, 0.15) is 18.4 Å². The molecule has 1 aliphatic rings. The number of carbonyl (C=O) groups is 3. The second-order valence-corrected chi connectivity index (χ2v) is 7.94. The van der Waals surface area contributed by atoms with E-state index in [0.717, 1.165) is 10.5 Å². The molecule has 0 bridgehead atoms. The second kappa shape index (κ2) is 9.05. The first-order valence-corrected chi connectivity index (χ1v) is 10.5. The lowest BCUT2D eigenvalue weighted by Gasteiger charge is -2.22. The van der Waals surface area contributed by atoms with Crippen LogP contribution in [0.25, 0.3) is 0 Å². The average molecular weight is 431 g/mol. The molecule has 1 saturated heterocycles. The summed E-state index contributed by atoms with van der Waals surface area (Å²) < 4.78 is 1.67. The molecule has 0 aliphatic carbocycles. The number of benzene rings is 2. The van der Waals surface area contributed by atoms with Gasteiger partial charge in [0.25, 0.3) is 5.91 Å². The highest BCUT2D eigenvalue weighted by Crippen LogP contribution is 2.32. The van der Waals surface area contributed by atoms with Crippen LogP contribution in [0.1, 0.15) is 37.1 Å². The third kappa shape index (κ3) is 4.25. The molecule has 1 atom stereocenters. The summed E-state index contributed by atoms with van der Waals surface area (Å²) in [6.45, 7) is 3.79. The van der Waals surface area contributed by atoms with Gasteiger partial charge in [-0.1, -0.05) is 60.7 Å². The van der Waals surface area contributed by atoms with Crippen LogP contribution >= 0.6 is 0 Å². The van der Waals surface area contributed by atoms with Crippen molar-refractivity contribution in [2.75, 3.05) is 11.9 Å². The molecule has 2 heterocycles. The van der Waals surface area contributed by atoms with Crippen LogP contribution in [0.4, 0.5) is 10.6 Å². The molecule has 1 aromatic heterocycles. The fraction of sp³-hybridized carbons (Fsp3) is 0.250. The van der Waals surface area contributed by atoms with Gasteiger partial charge < -0.3 is 10.2 Å². The van der Waals surface area contributed by atoms with Gasteiger partial charge in [-0.05, 0) is 25.0 Å². The van der Waals surface area contributed by atoms with Crippen molar-refractivity contribution in [3.8, 4) is 0 Å². The SMILES string of the molecule is CC(C)n1nccc1NC(=O)CN1C(=O)C(c2ccccc2)N(Cc2ccccc2)C1=O. The third-order valence-electron chi connectivity index (χ3n) is 5.33. The number of hydrogen-bond acceptors (Lipinski definition) is 4. The van der Waals surface area contributed by atoms with Crippen LogP contribution in [-0.2, 0) is 16.1 Å². The van der Waals surface area contributed by atoms with E-state index in [9.17, 15) is 14.4 Å². The van der Waals surface area contributed by atoms with E-state index in [4.69, 9.17) is 0 Å². The van der Waals surface area contributed by atoms with Crippen molar-refractivity contribution in [2.45, 2.75) is 32.5 Å². The molecule has 2 aromatic carbocycles. The lowest BCUT2D eigenvalue weighted by atomic mass is 10.1. The highest BCUT2D eigenvalue weighted by molar-refractivity contribution is 6.08. The predicted molar refractivity (Wildman–Crippen MR) is 120 cm³/mol. The van der Waals surface area contributed by atoms with Gasteiger partial charge >= 0.3 is 6.03 Å². The van der Waals surface area contributed by atoms with Crippen LogP contribution in [0.2, 0.25) is 0 Å². The first-order chi connectivity index (χ1) is 15.5. The zero-order chi connectivity index (χ0) is 22.7. The number of carbonyl (C=O) groups excluding carboxylic acids is 3. The van der Waals surface area contributed by atoms with Gasteiger partial charge in [-0.2, -0.15) is 5.10 Å². The molecule has 4 rings (SSSR count). The van der Waals surface area contributed by atoms with E-state index in [1.54, 1.807) is 16.9 Å². The minimum Gasteiger partial charge on any atom is -0.309 e. The Labute approximate surface area is 186 Å². The van der Waals surface area contributed by atoms with Crippen LogP contribution in [0, 0.1) is 0 Å². The molecule has 8 nitrogen and oxygen atoms in total. The zero-order valence-electron chi connectivity index (χ0n) is 18.0. The Morgan fingerprint density at radius 1 is 1.00 bits per heavy atom. The van der Waals surface area contributed by atoms with Crippen molar-refractivity contribution < 1.29 is 14.4 Å². The van der Waals surface area contributed by atoms with E-state index in [0.29, 0.717) is 11.4 Å². The van der Waals surface area contributed by atoms with Gasteiger partial charge in [-0.25, -0.2) is 9.48 Å². The summed E-state index contributed by atoms with van der Waals surface area (Å²) in [6.07, 6.45) is 1.59. The third-order valence-corrected chi connectivity index (χ3v) is 5.33. The fourth-order valence-corrected chi connectivity index (χ4v) is 3.83. The predicted octanol–water partition coefficient (Wildman–Crippen LogP) is 3.61. The highest BCUT2D eigenvalue weighted by atomic mass is 16.2. The lowest BCUT2D eigenvalue weighted by Crippen LogP contribution is -2.39. The Kier molecular flexibility index (Phi) is 6.02. The van der Waals surface area contributed by atoms with Gasteiger partial charge in [0.05, 0.1) is 6.20 Å². The van der Waals surface area contributed by atoms with E-state index in [1.807, 2.05) is 74.5 Å². The highest BCUT2D eigenvalue weighted by Gasteiger charge is 2.46. The molecule has 3 aromatic rings. The molecular formula is C24H25N5O3. The van der Waals surface area contributed by atoms with Crippen LogP contribution in [0.15, 0.2) is 72.9 Å². The number of rotatable bonds is 7. The number of urea groups is 1. The summed E-state index contributed by atoms with van der Waals surface area (Å²) in [5.74, 6) is -0.350. The summed E-state index contributed by atoms with van der Waals surface area (Å²) in [6, 6.07) is 19.1. The Morgan fingerprint density at radius 3 is 2.31 bits per heavy atom. The van der Waals surface area contributed by atoms with E-state index in [2.05, 4.69) is 10.4 Å². The maximum Gasteiger partial charge on any atom is 0.328 e. The quantitative estimate of drug-likeness (QED) is 0.579. The zero-order valence-corrected chi connectivity index (χ0v) is 18.0. The number of hydrogen-bond donors (Lipinski definition) is 1. The van der Waals surface area contributed by atoms with Crippen LogP contribution in [0.3, 0.4) is 0 Å². The smallest absolute Gasteiger partial charge is 0.309 e. The Balaban J connectivity index is 1.57. The van der Waals surface area contributed by atoms with E-state index in [1.165, 1.54) is 4.90 Å². The normalized spacial score (nSPS) is 16.2. The molecule has 8 heteroatoms. The number of imide groups is 1. The Hall–Kier alpha value is -3.94. The van der Waals surface area contributed by atoms with Gasteiger partial charge in [0.2, 0.25) is 5.91 Å². The lowest BCUT2D eigenvalue weighted by molar-refractivity contribution is -0.131. The number of nitrogens with zero attached hydrogens (tertiary/aromatic N) is 4. The van der Waals surface area contributed by atoms with Crippen molar-refractivity contribution in [3.05, 3.63) is 84.1 Å². The number of aromatic nitrogens is 2. The van der Waals surface area contributed by atoms with Crippen molar-refractivity contribution in [1.29, 1.82) is 0 Å². The van der Waals surface area contributed by atoms with Gasteiger partial charge in [0, 0.05) is 18.7 Å². The van der Waals surface area contributed by atoms with Crippen molar-refractivity contribution in [2.24, 2.45) is 0 Å². The molecule has 0 saturated carbocycles. The maximum atomic E-state index is 13.3. The first-order valence-electron chi connectivity index (χ1n) is 10.5. The largest absolute Gasteiger partial charge is 0.328 e. The molecule has 0 spiro atoms. The Bertz CT molecular complexity index is 1110. The fourth-order valence-electron chi connectivity index (χ4n) is 3.83. The van der Waals surface area contributed by atoms with Crippen molar-refractivity contribution in [3.63, 3.8) is 0 Å². The Morgan fingerprint density at radius 2 is 1.66 bits per heavy atom. The van der Waals surface area contributed by atoms with Gasteiger partial charge in [-0.15, -0.1) is 0 Å². The second-order valence-electron chi connectivity index (χ2n) is 7.94. The van der Waals surface area contributed by atoms with Crippen LogP contribution < -0.4 is 5.32 Å². The summed E-state index contributed by atoms with van der Waals surface area (Å²) in [4.78, 5) is 41.8. The monoisotopic (exact) mass is 431 g/mol. The number of amides is 4. The average Bonchev–Trinajstić information content (AvgIpc) is 3.34. The summed E-state index contributed by atoms with van der Waals surface area (Å²) in [5.41, 5.74) is 1.62. The van der Waals surface area contributed by atoms with E-state index < -0.39 is 23.9 Å². The molecule has 1 aliphatic heterocycles.